The van der Waals surface area contributed by atoms with E-state index in [1.807, 2.05) is 18.2 Å². The third kappa shape index (κ3) is 4.52. The number of hydrogen-bond donors (Lipinski definition) is 1. The molecule has 1 N–H and O–H groups in total. The van der Waals surface area contributed by atoms with Gasteiger partial charge in [0.1, 0.15) is 5.76 Å². The van der Waals surface area contributed by atoms with Crippen LogP contribution in [0.2, 0.25) is 0 Å². The summed E-state index contributed by atoms with van der Waals surface area (Å²) in [6.45, 7) is 0.936. The van der Waals surface area contributed by atoms with Crippen LogP contribution in [0.15, 0.2) is 40.9 Å². The third-order valence-electron chi connectivity index (χ3n) is 4.38. The van der Waals surface area contributed by atoms with E-state index in [1.54, 1.807) is 37.3 Å². The molecule has 8 nitrogen and oxygen atoms in total. The van der Waals surface area contributed by atoms with E-state index in [2.05, 4.69) is 10.3 Å². The Bertz CT molecular complexity index is 831. The summed E-state index contributed by atoms with van der Waals surface area (Å²) in [5.41, 5.74) is 0.792. The Labute approximate surface area is 157 Å². The van der Waals surface area contributed by atoms with Crippen LogP contribution in [0.5, 0.6) is 0 Å². The van der Waals surface area contributed by atoms with Gasteiger partial charge in [-0.05, 0) is 24.3 Å². The van der Waals surface area contributed by atoms with Gasteiger partial charge in [0.2, 0.25) is 11.8 Å². The molecule has 2 aromatic heterocycles. The van der Waals surface area contributed by atoms with E-state index < -0.39 is 5.92 Å². The van der Waals surface area contributed by atoms with Crippen molar-refractivity contribution in [1.29, 1.82) is 0 Å². The topological polar surface area (TPSA) is 95.8 Å². The lowest BCUT2D eigenvalue weighted by Crippen LogP contribution is -2.32. The number of hydrogen-bond acceptors (Lipinski definition) is 5. The molecule has 1 aliphatic heterocycles. The molecule has 0 spiro atoms. The molecule has 1 aliphatic rings. The van der Waals surface area contributed by atoms with Crippen LogP contribution in [0.4, 0.5) is 0 Å². The Kier molecular flexibility index (Phi) is 5.54. The van der Waals surface area contributed by atoms with Gasteiger partial charge in [-0.1, -0.05) is 6.07 Å². The maximum Gasteiger partial charge on any atom is 0.289 e. The minimum atomic E-state index is -0.404. The van der Waals surface area contributed by atoms with Crippen LogP contribution in [-0.2, 0) is 22.7 Å². The second-order valence-corrected chi connectivity index (χ2v) is 6.68. The average Bonchev–Trinajstić information content (AvgIpc) is 3.27. The van der Waals surface area contributed by atoms with E-state index in [9.17, 15) is 14.4 Å². The predicted octanol–water partition coefficient (Wildman–Crippen LogP) is 1.04. The summed E-state index contributed by atoms with van der Waals surface area (Å²) in [7, 11) is 3.28. The highest BCUT2D eigenvalue weighted by Gasteiger charge is 2.34. The van der Waals surface area contributed by atoms with Crippen molar-refractivity contribution >= 4 is 17.7 Å². The molecule has 1 atom stereocenters. The van der Waals surface area contributed by atoms with Crippen molar-refractivity contribution in [2.75, 3.05) is 20.6 Å². The van der Waals surface area contributed by atoms with Gasteiger partial charge in [0.05, 0.1) is 24.7 Å². The van der Waals surface area contributed by atoms with E-state index in [1.165, 1.54) is 4.90 Å². The van der Waals surface area contributed by atoms with Gasteiger partial charge in [-0.15, -0.1) is 0 Å². The maximum atomic E-state index is 12.4. The summed E-state index contributed by atoms with van der Waals surface area (Å²) in [4.78, 5) is 43.7. The number of carbonyl (C=O) groups excluding carboxylic acids is 3. The second kappa shape index (κ2) is 8.03. The number of furan rings is 1. The van der Waals surface area contributed by atoms with Crippen molar-refractivity contribution in [1.82, 2.24) is 20.1 Å². The summed E-state index contributed by atoms with van der Waals surface area (Å²) >= 11 is 0. The number of rotatable bonds is 6. The monoisotopic (exact) mass is 370 g/mol. The molecule has 142 valence electrons. The lowest BCUT2D eigenvalue weighted by atomic mass is 10.1. The Hall–Kier alpha value is -3.16. The maximum absolute atomic E-state index is 12.4. The molecule has 0 aliphatic carbocycles. The first kappa shape index (κ1) is 18.6. The molecule has 2 aromatic rings. The Morgan fingerprint density at radius 2 is 2.11 bits per heavy atom. The highest BCUT2D eigenvalue weighted by molar-refractivity contribution is 5.91. The van der Waals surface area contributed by atoms with Gasteiger partial charge in [-0.3, -0.25) is 19.4 Å². The fraction of sp³-hybridized carbons (Fsp3) is 0.368. The fourth-order valence-electron chi connectivity index (χ4n) is 2.91. The van der Waals surface area contributed by atoms with E-state index >= 15 is 0 Å². The van der Waals surface area contributed by atoms with Crippen LogP contribution in [0.25, 0.3) is 0 Å². The summed E-state index contributed by atoms with van der Waals surface area (Å²) in [5.74, 6) is -0.190. The van der Waals surface area contributed by atoms with Crippen molar-refractivity contribution in [3.8, 4) is 0 Å². The zero-order valence-electron chi connectivity index (χ0n) is 15.3. The van der Waals surface area contributed by atoms with Gasteiger partial charge in [0.25, 0.3) is 5.91 Å². The van der Waals surface area contributed by atoms with Gasteiger partial charge >= 0.3 is 0 Å². The number of aromatic nitrogens is 1. The first-order chi connectivity index (χ1) is 12.9. The molecule has 0 radical (unpaired) electrons. The minimum Gasteiger partial charge on any atom is -0.454 e. The van der Waals surface area contributed by atoms with Gasteiger partial charge in [0, 0.05) is 33.3 Å². The molecule has 1 fully saturated rings. The molecule has 1 unspecified atom stereocenters. The van der Waals surface area contributed by atoms with Gasteiger partial charge in [0.15, 0.2) is 5.76 Å². The zero-order valence-corrected chi connectivity index (χ0v) is 15.3. The number of carbonyl (C=O) groups is 3. The summed E-state index contributed by atoms with van der Waals surface area (Å²) in [6.07, 6.45) is 1.86. The zero-order chi connectivity index (χ0) is 19.4. The molecule has 0 bridgehead atoms. The van der Waals surface area contributed by atoms with Crippen LogP contribution in [0.3, 0.4) is 0 Å². The largest absolute Gasteiger partial charge is 0.454 e. The van der Waals surface area contributed by atoms with Gasteiger partial charge in [-0.25, -0.2) is 0 Å². The number of likely N-dealkylation sites (tertiary alicyclic amines) is 1. The molecular formula is C19H22N4O4. The second-order valence-electron chi connectivity index (χ2n) is 6.68. The predicted molar refractivity (Wildman–Crippen MR) is 96.3 cm³/mol. The lowest BCUT2D eigenvalue weighted by Gasteiger charge is -2.16. The molecule has 27 heavy (non-hydrogen) atoms. The van der Waals surface area contributed by atoms with Crippen molar-refractivity contribution in [2.45, 2.75) is 19.5 Å². The minimum absolute atomic E-state index is 0.0577. The van der Waals surface area contributed by atoms with Crippen LogP contribution >= 0.6 is 0 Å². The van der Waals surface area contributed by atoms with Crippen LogP contribution in [0, 0.1) is 5.92 Å². The molecule has 3 rings (SSSR count). The molecule has 3 heterocycles. The van der Waals surface area contributed by atoms with Crippen LogP contribution in [0.1, 0.15) is 28.4 Å². The number of pyridine rings is 1. The van der Waals surface area contributed by atoms with Gasteiger partial charge in [-0.2, -0.15) is 0 Å². The quantitative estimate of drug-likeness (QED) is 0.820. The Morgan fingerprint density at radius 3 is 2.81 bits per heavy atom. The molecule has 0 aromatic carbocycles. The van der Waals surface area contributed by atoms with Crippen LogP contribution < -0.4 is 5.32 Å². The summed E-state index contributed by atoms with van der Waals surface area (Å²) < 4.78 is 5.45. The van der Waals surface area contributed by atoms with E-state index in [4.69, 9.17) is 4.42 Å². The highest BCUT2D eigenvalue weighted by atomic mass is 16.4. The van der Waals surface area contributed by atoms with E-state index in [0.29, 0.717) is 18.8 Å². The molecular weight excluding hydrogens is 348 g/mol. The smallest absolute Gasteiger partial charge is 0.289 e. The van der Waals surface area contributed by atoms with E-state index in [0.717, 1.165) is 5.69 Å². The van der Waals surface area contributed by atoms with E-state index in [-0.39, 0.29) is 36.4 Å². The SMILES string of the molecule is CN(C)C(=O)c1ccc(CNC(=O)C2CC(=O)N(Cc3ccccn3)C2)o1. The van der Waals surface area contributed by atoms with Crippen LogP contribution in [-0.4, -0.2) is 53.1 Å². The van der Waals surface area contributed by atoms with Gasteiger partial charge < -0.3 is 19.5 Å². The Balaban J connectivity index is 1.52. The third-order valence-corrected chi connectivity index (χ3v) is 4.38. The fourth-order valence-corrected chi connectivity index (χ4v) is 2.91. The summed E-state index contributed by atoms with van der Waals surface area (Å²) in [6, 6.07) is 8.77. The number of nitrogens with one attached hydrogen (secondary N) is 1. The first-order valence-corrected chi connectivity index (χ1v) is 8.70. The number of nitrogens with zero attached hydrogens (tertiary/aromatic N) is 3. The molecule has 1 saturated heterocycles. The summed E-state index contributed by atoms with van der Waals surface area (Å²) in [5, 5.41) is 2.78. The van der Waals surface area contributed by atoms with Crippen molar-refractivity contribution in [2.24, 2.45) is 5.92 Å². The lowest BCUT2D eigenvalue weighted by molar-refractivity contribution is -0.129. The van der Waals surface area contributed by atoms with Crippen molar-refractivity contribution in [3.63, 3.8) is 0 Å². The highest BCUT2D eigenvalue weighted by Crippen LogP contribution is 2.20. The van der Waals surface area contributed by atoms with Crippen molar-refractivity contribution < 1.29 is 18.8 Å². The average molecular weight is 370 g/mol. The number of amides is 3. The first-order valence-electron chi connectivity index (χ1n) is 8.70. The van der Waals surface area contributed by atoms with Crippen molar-refractivity contribution in [3.05, 3.63) is 53.7 Å². The normalized spacial score (nSPS) is 16.4. The molecule has 3 amide bonds. The molecule has 0 saturated carbocycles. The Morgan fingerprint density at radius 1 is 1.30 bits per heavy atom. The standard InChI is InChI=1S/C19H22N4O4/c1-22(2)19(26)16-7-6-15(27-16)10-21-18(25)13-9-17(24)23(11-13)12-14-5-3-4-8-20-14/h3-8,13H,9-12H2,1-2H3,(H,21,25). The molecule has 8 heteroatoms.